The van der Waals surface area contributed by atoms with Crippen molar-refractivity contribution in [3.63, 3.8) is 0 Å². The van der Waals surface area contributed by atoms with Crippen LogP contribution in [0.5, 0.6) is 11.5 Å². The monoisotopic (exact) mass is 383 g/mol. The molecule has 0 radical (unpaired) electrons. The molecule has 0 aliphatic heterocycles. The zero-order valence-electron chi connectivity index (χ0n) is 15.3. The summed E-state index contributed by atoms with van der Waals surface area (Å²) in [6.45, 7) is -0.213. The van der Waals surface area contributed by atoms with Crippen LogP contribution >= 0.6 is 0 Å². The van der Waals surface area contributed by atoms with Gasteiger partial charge in [-0.15, -0.1) is 0 Å². The predicted molar refractivity (Wildman–Crippen MR) is 102 cm³/mol. The fourth-order valence-electron chi connectivity index (χ4n) is 2.56. The number of halogens is 1. The van der Waals surface area contributed by atoms with E-state index in [0.29, 0.717) is 28.4 Å². The molecule has 0 fully saturated rings. The minimum Gasteiger partial charge on any atom is -0.497 e. The summed E-state index contributed by atoms with van der Waals surface area (Å²) in [5.41, 5.74) is 1.09. The summed E-state index contributed by atoms with van der Waals surface area (Å²) in [6.07, 6.45) is 1.28. The van der Waals surface area contributed by atoms with Gasteiger partial charge in [-0.2, -0.15) is 0 Å². The smallest absolute Gasteiger partial charge is 0.254 e. The van der Waals surface area contributed by atoms with E-state index in [0.717, 1.165) is 0 Å². The van der Waals surface area contributed by atoms with Gasteiger partial charge in [0.1, 0.15) is 23.9 Å². The molecule has 1 heterocycles. The maximum Gasteiger partial charge on any atom is 0.254 e. The van der Waals surface area contributed by atoms with E-state index in [4.69, 9.17) is 9.47 Å². The van der Waals surface area contributed by atoms with Crippen molar-refractivity contribution in [2.24, 2.45) is 0 Å². The van der Waals surface area contributed by atoms with Crippen LogP contribution in [0.15, 0.2) is 59.7 Å². The molecule has 2 aromatic carbocycles. The maximum atomic E-state index is 13.0. The van der Waals surface area contributed by atoms with Gasteiger partial charge < -0.3 is 14.8 Å². The molecule has 28 heavy (non-hydrogen) atoms. The number of anilines is 1. The van der Waals surface area contributed by atoms with Gasteiger partial charge in [-0.25, -0.2) is 9.37 Å². The largest absolute Gasteiger partial charge is 0.497 e. The summed E-state index contributed by atoms with van der Waals surface area (Å²) in [5, 5.41) is 2.69. The van der Waals surface area contributed by atoms with Crippen molar-refractivity contribution in [1.82, 2.24) is 9.55 Å². The average Bonchev–Trinajstić information content (AvgIpc) is 2.69. The van der Waals surface area contributed by atoms with E-state index in [1.807, 2.05) is 0 Å². The average molecular weight is 383 g/mol. The van der Waals surface area contributed by atoms with Gasteiger partial charge >= 0.3 is 0 Å². The van der Waals surface area contributed by atoms with E-state index >= 15 is 0 Å². The number of amides is 1. The Kier molecular flexibility index (Phi) is 5.69. The van der Waals surface area contributed by atoms with Gasteiger partial charge in [0.15, 0.2) is 0 Å². The van der Waals surface area contributed by atoms with Gasteiger partial charge in [0.05, 0.1) is 26.2 Å². The number of carbonyl (C=O) groups is 1. The zero-order valence-corrected chi connectivity index (χ0v) is 15.3. The molecular formula is C20H18FN3O4. The molecule has 144 valence electrons. The fourth-order valence-corrected chi connectivity index (χ4v) is 2.56. The van der Waals surface area contributed by atoms with Crippen LogP contribution < -0.4 is 20.3 Å². The van der Waals surface area contributed by atoms with Crippen molar-refractivity contribution in [2.75, 3.05) is 19.5 Å². The zero-order chi connectivity index (χ0) is 20.1. The molecule has 0 atom stereocenters. The summed E-state index contributed by atoms with van der Waals surface area (Å²) in [6, 6.07) is 11.9. The van der Waals surface area contributed by atoms with Crippen molar-refractivity contribution in [1.29, 1.82) is 0 Å². The number of carbonyl (C=O) groups excluding carboxylic acids is 1. The molecule has 7 nitrogen and oxygen atoms in total. The molecule has 3 rings (SSSR count). The van der Waals surface area contributed by atoms with Gasteiger partial charge in [0.25, 0.3) is 5.56 Å². The van der Waals surface area contributed by atoms with Crippen LogP contribution in [0.25, 0.3) is 11.3 Å². The molecule has 0 spiro atoms. The summed E-state index contributed by atoms with van der Waals surface area (Å²) < 4.78 is 24.5. The van der Waals surface area contributed by atoms with Crippen molar-refractivity contribution in [2.45, 2.75) is 6.54 Å². The van der Waals surface area contributed by atoms with Crippen molar-refractivity contribution < 1.29 is 18.7 Å². The van der Waals surface area contributed by atoms with E-state index in [-0.39, 0.29) is 12.4 Å². The second kappa shape index (κ2) is 8.34. The van der Waals surface area contributed by atoms with Gasteiger partial charge in [-0.1, -0.05) is 0 Å². The van der Waals surface area contributed by atoms with E-state index in [1.54, 1.807) is 18.2 Å². The number of ether oxygens (including phenoxy) is 2. The lowest BCUT2D eigenvalue weighted by molar-refractivity contribution is -0.116. The molecule has 0 aliphatic carbocycles. The Morgan fingerprint density at radius 2 is 1.71 bits per heavy atom. The molecule has 8 heteroatoms. The molecule has 0 bridgehead atoms. The standard InChI is InChI=1S/C20H18FN3O4/c1-27-16-7-15(8-17(9-16)28-2)23-19(25)11-24-12-22-18(10-20(24)26)13-3-5-14(21)6-4-13/h3-10,12H,11H2,1-2H3,(H,23,25). The topological polar surface area (TPSA) is 82.5 Å². The molecular weight excluding hydrogens is 365 g/mol. The molecule has 1 amide bonds. The SMILES string of the molecule is COc1cc(NC(=O)Cn2cnc(-c3ccc(F)cc3)cc2=O)cc(OC)c1. The fraction of sp³-hybridized carbons (Fsp3) is 0.150. The van der Waals surface area contributed by atoms with Crippen LogP contribution in [0.2, 0.25) is 0 Å². The van der Waals surface area contributed by atoms with Gasteiger partial charge in [-0.3, -0.25) is 14.2 Å². The van der Waals surface area contributed by atoms with Crippen molar-refractivity contribution in [3.8, 4) is 22.8 Å². The third-order valence-electron chi connectivity index (χ3n) is 3.97. The number of aromatic nitrogens is 2. The first-order chi connectivity index (χ1) is 13.5. The van der Waals surface area contributed by atoms with Crippen LogP contribution in [0, 0.1) is 5.82 Å². The minimum atomic E-state index is -0.409. The normalized spacial score (nSPS) is 10.4. The highest BCUT2D eigenvalue weighted by Gasteiger charge is 2.09. The van der Waals surface area contributed by atoms with Gasteiger partial charge in [0, 0.05) is 35.5 Å². The predicted octanol–water partition coefficient (Wildman–Crippen LogP) is 2.71. The van der Waals surface area contributed by atoms with Gasteiger partial charge in [0.2, 0.25) is 5.91 Å². The molecule has 0 saturated heterocycles. The Bertz CT molecular complexity index is 1030. The first kappa shape index (κ1) is 19.1. The molecule has 1 aromatic heterocycles. The van der Waals surface area contributed by atoms with Gasteiger partial charge in [-0.05, 0) is 24.3 Å². The Hall–Kier alpha value is -3.68. The second-order valence-electron chi connectivity index (χ2n) is 5.90. The molecule has 3 aromatic rings. The van der Waals surface area contributed by atoms with Crippen LogP contribution in [0.1, 0.15) is 0 Å². The number of hydrogen-bond donors (Lipinski definition) is 1. The quantitative estimate of drug-likeness (QED) is 0.708. The minimum absolute atomic E-state index is 0.213. The number of nitrogens with one attached hydrogen (secondary N) is 1. The number of nitrogens with zero attached hydrogens (tertiary/aromatic N) is 2. The van der Waals surface area contributed by atoms with E-state index in [2.05, 4.69) is 10.3 Å². The molecule has 0 saturated carbocycles. The van der Waals surface area contributed by atoms with Crippen LogP contribution in [-0.2, 0) is 11.3 Å². The number of rotatable bonds is 6. The van der Waals surface area contributed by atoms with Crippen LogP contribution in [0.4, 0.5) is 10.1 Å². The summed E-state index contributed by atoms with van der Waals surface area (Å²) in [7, 11) is 3.02. The summed E-state index contributed by atoms with van der Waals surface area (Å²) in [4.78, 5) is 28.8. The lowest BCUT2D eigenvalue weighted by Gasteiger charge is -2.11. The molecule has 0 aliphatic rings. The second-order valence-corrected chi connectivity index (χ2v) is 5.90. The Morgan fingerprint density at radius 1 is 1.07 bits per heavy atom. The molecule has 1 N–H and O–H groups in total. The highest BCUT2D eigenvalue weighted by Crippen LogP contribution is 2.25. The van der Waals surface area contributed by atoms with E-state index < -0.39 is 11.5 Å². The first-order valence-electron chi connectivity index (χ1n) is 8.34. The lowest BCUT2D eigenvalue weighted by Crippen LogP contribution is -2.27. The van der Waals surface area contributed by atoms with E-state index in [1.165, 1.54) is 55.4 Å². The number of methoxy groups -OCH3 is 2. The first-order valence-corrected chi connectivity index (χ1v) is 8.34. The maximum absolute atomic E-state index is 13.0. The number of benzene rings is 2. The Morgan fingerprint density at radius 3 is 2.29 bits per heavy atom. The van der Waals surface area contributed by atoms with Crippen LogP contribution in [0.3, 0.4) is 0 Å². The van der Waals surface area contributed by atoms with Crippen molar-refractivity contribution >= 4 is 11.6 Å². The van der Waals surface area contributed by atoms with Crippen LogP contribution in [-0.4, -0.2) is 29.7 Å². The van der Waals surface area contributed by atoms with Crippen molar-refractivity contribution in [3.05, 3.63) is 71.0 Å². The number of hydrogen-bond acceptors (Lipinski definition) is 5. The Balaban J connectivity index is 1.74. The Labute approximate surface area is 160 Å². The lowest BCUT2D eigenvalue weighted by atomic mass is 10.1. The third kappa shape index (κ3) is 4.53. The summed E-state index contributed by atoms with van der Waals surface area (Å²) >= 11 is 0. The highest BCUT2D eigenvalue weighted by atomic mass is 19.1. The van der Waals surface area contributed by atoms with E-state index in [9.17, 15) is 14.0 Å². The third-order valence-corrected chi connectivity index (χ3v) is 3.97. The highest BCUT2D eigenvalue weighted by molar-refractivity contribution is 5.91. The molecule has 0 unspecified atom stereocenters. The summed E-state index contributed by atoms with van der Waals surface area (Å²) in [5.74, 6) is 0.269.